The number of fused-ring (bicyclic) bond motifs is 1. The van der Waals surface area contributed by atoms with Crippen LogP contribution in [0.15, 0.2) is 31.0 Å². The maximum Gasteiger partial charge on any atom is 0.236 e. The number of ether oxygens (including phenoxy) is 1. The van der Waals surface area contributed by atoms with Crippen molar-refractivity contribution in [2.75, 3.05) is 39.8 Å². The van der Waals surface area contributed by atoms with E-state index in [1.54, 1.807) is 11.6 Å². The van der Waals surface area contributed by atoms with Crippen molar-refractivity contribution in [1.29, 1.82) is 0 Å². The zero-order valence-corrected chi connectivity index (χ0v) is 23.4. The van der Waals surface area contributed by atoms with E-state index < -0.39 is 0 Å². The van der Waals surface area contributed by atoms with E-state index in [1.807, 2.05) is 29.6 Å². The number of likely N-dealkylation sites (N-methyl/N-ethyl adjacent to an activating group) is 1. The highest BCUT2D eigenvalue weighted by Crippen LogP contribution is 2.36. The van der Waals surface area contributed by atoms with Gasteiger partial charge in [-0.15, -0.1) is 0 Å². The van der Waals surface area contributed by atoms with Crippen LogP contribution >= 0.6 is 0 Å². The number of methoxy groups -OCH3 is 1. The third kappa shape index (κ3) is 5.36. The van der Waals surface area contributed by atoms with Gasteiger partial charge in [0.05, 0.1) is 36.9 Å². The van der Waals surface area contributed by atoms with E-state index >= 15 is 0 Å². The minimum absolute atomic E-state index is 0.186. The summed E-state index contributed by atoms with van der Waals surface area (Å²) in [5.41, 5.74) is 5.99. The molecular weight excluding hydrogens is 494 g/mol. The number of carbonyl (C=O) groups is 1. The Balaban J connectivity index is 1.33. The highest BCUT2D eigenvalue weighted by Gasteiger charge is 2.26. The Kier molecular flexibility index (Phi) is 7.87. The number of aromatic amines is 1. The second kappa shape index (κ2) is 11.5. The lowest BCUT2D eigenvalue weighted by atomic mass is 9.93. The summed E-state index contributed by atoms with van der Waals surface area (Å²) in [6, 6.07) is 1.93. The van der Waals surface area contributed by atoms with Gasteiger partial charge in [-0.05, 0) is 37.9 Å². The fourth-order valence-corrected chi connectivity index (χ4v) is 5.34. The molecule has 11 nitrogen and oxygen atoms in total. The number of amides is 1. The van der Waals surface area contributed by atoms with Crippen molar-refractivity contribution < 1.29 is 9.53 Å². The number of likely N-dealkylation sites (tertiary alicyclic amines) is 1. The molecule has 39 heavy (non-hydrogen) atoms. The Bertz CT molecular complexity index is 1410. The largest absolute Gasteiger partial charge is 0.493 e. The first-order valence-corrected chi connectivity index (χ1v) is 13.7. The van der Waals surface area contributed by atoms with Gasteiger partial charge < -0.3 is 9.64 Å². The van der Waals surface area contributed by atoms with Crippen LogP contribution in [0.25, 0.3) is 28.3 Å². The van der Waals surface area contributed by atoms with Gasteiger partial charge in [-0.25, -0.2) is 9.50 Å². The van der Waals surface area contributed by atoms with E-state index in [1.165, 1.54) is 6.33 Å². The van der Waals surface area contributed by atoms with E-state index in [-0.39, 0.29) is 11.8 Å². The molecule has 5 rings (SSSR count). The minimum atomic E-state index is 0.186. The highest BCUT2D eigenvalue weighted by atomic mass is 16.5. The summed E-state index contributed by atoms with van der Waals surface area (Å²) in [4.78, 5) is 30.7. The molecule has 1 saturated heterocycles. The maximum absolute atomic E-state index is 12.7. The molecular formula is C28H37N9O2. The Labute approximate surface area is 228 Å². The Morgan fingerprint density at radius 1 is 1.15 bits per heavy atom. The van der Waals surface area contributed by atoms with E-state index in [2.05, 4.69) is 52.9 Å². The monoisotopic (exact) mass is 531 g/mol. The van der Waals surface area contributed by atoms with Gasteiger partial charge in [0.25, 0.3) is 0 Å². The lowest BCUT2D eigenvalue weighted by molar-refractivity contribution is -0.133. The molecule has 1 N–H and O–H groups in total. The third-order valence-corrected chi connectivity index (χ3v) is 7.66. The van der Waals surface area contributed by atoms with Gasteiger partial charge in [-0.1, -0.05) is 27.7 Å². The van der Waals surface area contributed by atoms with Crippen LogP contribution in [0.1, 0.15) is 63.6 Å². The summed E-state index contributed by atoms with van der Waals surface area (Å²) in [6.07, 6.45) is 8.92. The van der Waals surface area contributed by atoms with E-state index in [0.29, 0.717) is 23.9 Å². The molecule has 0 bridgehead atoms. The summed E-state index contributed by atoms with van der Waals surface area (Å²) >= 11 is 0. The number of nitrogens with one attached hydrogen (secondary N) is 1. The van der Waals surface area contributed by atoms with Gasteiger partial charge >= 0.3 is 0 Å². The summed E-state index contributed by atoms with van der Waals surface area (Å²) < 4.78 is 7.25. The number of H-pyrrole nitrogens is 1. The van der Waals surface area contributed by atoms with E-state index in [9.17, 15) is 4.79 Å². The SMILES string of the molecule is CCN(CC)CC(=O)N1CCC(c2cnc(-c3[nH]nc(-c4cc(OC)c5ncnn5c4)c3C(C)C)cn2)CC1. The molecule has 0 aliphatic carbocycles. The van der Waals surface area contributed by atoms with Crippen molar-refractivity contribution in [3.8, 4) is 28.4 Å². The Morgan fingerprint density at radius 2 is 1.92 bits per heavy atom. The Morgan fingerprint density at radius 3 is 2.56 bits per heavy atom. The molecule has 0 atom stereocenters. The maximum atomic E-state index is 12.7. The molecule has 5 heterocycles. The molecule has 1 fully saturated rings. The second-order valence-corrected chi connectivity index (χ2v) is 10.3. The Hall–Kier alpha value is -3.86. The third-order valence-electron chi connectivity index (χ3n) is 7.66. The van der Waals surface area contributed by atoms with Crippen LogP contribution in [0.2, 0.25) is 0 Å². The first-order chi connectivity index (χ1) is 18.9. The normalized spacial score (nSPS) is 14.6. The topological polar surface area (TPSA) is 117 Å². The fourth-order valence-electron chi connectivity index (χ4n) is 5.34. The standard InChI is InChI=1S/C28H37N9O2/c1-6-35(7-2)16-24(38)36-10-8-19(9-11-36)21-13-30-22(14-29-21)27-25(18(3)4)26(33-34-27)20-12-23(39-5)28-31-17-32-37(28)15-20/h12-15,17-19H,6-11,16H2,1-5H3,(H,33,34). The number of hydrogen-bond acceptors (Lipinski definition) is 8. The van der Waals surface area contributed by atoms with Crippen molar-refractivity contribution >= 4 is 11.6 Å². The van der Waals surface area contributed by atoms with Crippen LogP contribution in [0.5, 0.6) is 5.75 Å². The van der Waals surface area contributed by atoms with Crippen LogP contribution in [0, 0.1) is 0 Å². The predicted octanol–water partition coefficient (Wildman–Crippen LogP) is 3.76. The van der Waals surface area contributed by atoms with Gasteiger partial charge in [0.1, 0.15) is 12.0 Å². The molecule has 0 spiro atoms. The highest BCUT2D eigenvalue weighted by molar-refractivity contribution is 5.78. The van der Waals surface area contributed by atoms with Gasteiger partial charge in [-0.2, -0.15) is 10.2 Å². The summed E-state index contributed by atoms with van der Waals surface area (Å²) in [6.45, 7) is 12.3. The summed E-state index contributed by atoms with van der Waals surface area (Å²) in [5.74, 6) is 1.34. The number of piperidine rings is 1. The lowest BCUT2D eigenvalue weighted by Crippen LogP contribution is -2.43. The predicted molar refractivity (Wildman–Crippen MR) is 149 cm³/mol. The summed E-state index contributed by atoms with van der Waals surface area (Å²) in [7, 11) is 1.62. The molecule has 1 aliphatic rings. The average molecular weight is 532 g/mol. The lowest BCUT2D eigenvalue weighted by Gasteiger charge is -2.33. The molecule has 0 aromatic carbocycles. The van der Waals surface area contributed by atoms with E-state index in [0.717, 1.165) is 72.9 Å². The number of rotatable bonds is 9. The van der Waals surface area contributed by atoms with Gasteiger partial charge in [-0.3, -0.25) is 24.8 Å². The first kappa shape index (κ1) is 26.7. The fraction of sp³-hybridized carbons (Fsp3) is 0.500. The van der Waals surface area contributed by atoms with Crippen LogP contribution in [0.3, 0.4) is 0 Å². The zero-order valence-electron chi connectivity index (χ0n) is 23.4. The second-order valence-electron chi connectivity index (χ2n) is 10.3. The van der Waals surface area contributed by atoms with Crippen molar-refractivity contribution in [1.82, 2.24) is 44.6 Å². The van der Waals surface area contributed by atoms with Crippen LogP contribution < -0.4 is 4.74 Å². The van der Waals surface area contributed by atoms with Crippen LogP contribution in [0.4, 0.5) is 0 Å². The van der Waals surface area contributed by atoms with Crippen LogP contribution in [-0.2, 0) is 4.79 Å². The van der Waals surface area contributed by atoms with Crippen molar-refractivity contribution in [2.45, 2.75) is 52.4 Å². The minimum Gasteiger partial charge on any atom is -0.493 e. The number of nitrogens with zero attached hydrogens (tertiary/aromatic N) is 8. The molecule has 1 amide bonds. The average Bonchev–Trinajstić information content (AvgIpc) is 3.63. The van der Waals surface area contributed by atoms with Gasteiger partial charge in [0.15, 0.2) is 11.4 Å². The van der Waals surface area contributed by atoms with E-state index in [4.69, 9.17) is 14.7 Å². The van der Waals surface area contributed by atoms with Crippen molar-refractivity contribution in [3.63, 3.8) is 0 Å². The number of hydrogen-bond donors (Lipinski definition) is 1. The molecule has 1 aliphatic heterocycles. The molecule has 0 unspecified atom stereocenters. The molecule has 4 aromatic rings. The number of pyridine rings is 1. The van der Waals surface area contributed by atoms with Gasteiger partial charge in [0, 0.05) is 42.5 Å². The number of aromatic nitrogens is 7. The van der Waals surface area contributed by atoms with Crippen molar-refractivity contribution in [3.05, 3.63) is 42.2 Å². The summed E-state index contributed by atoms with van der Waals surface area (Å²) in [5, 5.41) is 12.2. The smallest absolute Gasteiger partial charge is 0.236 e. The molecule has 206 valence electrons. The first-order valence-electron chi connectivity index (χ1n) is 13.7. The number of carbonyl (C=O) groups excluding carboxylic acids is 1. The molecule has 4 aromatic heterocycles. The molecule has 11 heteroatoms. The molecule has 0 radical (unpaired) electrons. The zero-order chi connectivity index (χ0) is 27.5. The molecule has 0 saturated carbocycles. The van der Waals surface area contributed by atoms with Crippen molar-refractivity contribution in [2.24, 2.45) is 0 Å². The van der Waals surface area contributed by atoms with Gasteiger partial charge in [0.2, 0.25) is 5.91 Å². The quantitative estimate of drug-likeness (QED) is 0.347. The van der Waals surface area contributed by atoms with Crippen LogP contribution in [-0.4, -0.2) is 90.3 Å².